The molecule has 0 unspecified atom stereocenters. The molecule has 0 saturated carbocycles. The monoisotopic (exact) mass is 631 g/mol. The summed E-state index contributed by atoms with van der Waals surface area (Å²) >= 11 is 5.81. The van der Waals surface area contributed by atoms with Crippen LogP contribution in [0.3, 0.4) is 0 Å². The third-order valence-corrected chi connectivity index (χ3v) is 7.27. The molecule has 5 aromatic rings. The molecular formula is C29H29N9O4S2. The van der Waals surface area contributed by atoms with E-state index in [2.05, 4.69) is 25.7 Å². The van der Waals surface area contributed by atoms with Crippen LogP contribution >= 0.6 is 24.0 Å². The zero-order chi connectivity index (χ0) is 31.5. The molecule has 44 heavy (non-hydrogen) atoms. The smallest absolute Gasteiger partial charge is 0.295 e. The number of nitrogens with two attached hydrogens (primary N) is 2. The first-order valence-electron chi connectivity index (χ1n) is 13.1. The zero-order valence-electron chi connectivity index (χ0n) is 23.5. The van der Waals surface area contributed by atoms with Crippen LogP contribution < -0.4 is 32.9 Å². The first-order chi connectivity index (χ1) is 21.3. The van der Waals surface area contributed by atoms with E-state index in [-0.39, 0.29) is 32.8 Å². The van der Waals surface area contributed by atoms with Crippen LogP contribution in [-0.2, 0) is 17.6 Å². The number of rotatable bonds is 9. The van der Waals surface area contributed by atoms with Gasteiger partial charge in [-0.1, -0.05) is 84.6 Å². The second-order valence-corrected chi connectivity index (χ2v) is 10.4. The fraction of sp³-hybridized carbons (Fsp3) is 0.138. The van der Waals surface area contributed by atoms with E-state index in [9.17, 15) is 14.4 Å². The Morgan fingerprint density at radius 1 is 0.864 bits per heavy atom. The van der Waals surface area contributed by atoms with E-state index in [0.717, 1.165) is 32.2 Å². The third-order valence-electron chi connectivity index (χ3n) is 6.04. The summed E-state index contributed by atoms with van der Waals surface area (Å²) in [5, 5.41) is 17.3. The number of anilines is 1. The van der Waals surface area contributed by atoms with Gasteiger partial charge in [-0.2, -0.15) is 14.5 Å². The number of benzene rings is 3. The maximum Gasteiger partial charge on any atom is 0.295 e. The van der Waals surface area contributed by atoms with Gasteiger partial charge in [-0.25, -0.2) is 0 Å². The molecule has 0 aliphatic carbocycles. The minimum atomic E-state index is -0.438. The van der Waals surface area contributed by atoms with Crippen molar-refractivity contribution >= 4 is 35.6 Å². The standard InChI is InChI=1S/C19H19N5O3S.C10H10N4OS/c1-27-16-10-6-5-9-14(16)21-17(25)12-28-19-23-22-15(18(26)24(19)20)11-13-7-3-2-4-8-13;11-14-9(15)8(12-13-10(14)16)6-7-4-2-1-3-5-7/h2-10H,11-12,20H2,1H3,(H,21,25);1-5H,6,11H2,(H,13,16). The Morgan fingerprint density at radius 3 is 2.07 bits per heavy atom. The molecule has 3 aromatic carbocycles. The van der Waals surface area contributed by atoms with E-state index in [1.165, 1.54) is 7.11 Å². The molecule has 0 aliphatic heterocycles. The zero-order valence-corrected chi connectivity index (χ0v) is 25.2. The predicted molar refractivity (Wildman–Crippen MR) is 171 cm³/mol. The average molecular weight is 632 g/mol. The normalized spacial score (nSPS) is 10.4. The average Bonchev–Trinajstić information content (AvgIpc) is 3.05. The number of carbonyl (C=O) groups excluding carboxylic acids is 1. The number of H-pyrrole nitrogens is 1. The molecule has 6 N–H and O–H groups in total. The van der Waals surface area contributed by atoms with Crippen LogP contribution in [-0.4, -0.2) is 48.5 Å². The van der Waals surface area contributed by atoms with Gasteiger partial charge in [-0.3, -0.25) is 19.5 Å². The number of nitrogens with zero attached hydrogens (tertiary/aromatic N) is 5. The second-order valence-electron chi connectivity index (χ2n) is 9.12. The van der Waals surface area contributed by atoms with Crippen molar-refractivity contribution < 1.29 is 9.53 Å². The summed E-state index contributed by atoms with van der Waals surface area (Å²) in [5.74, 6) is 11.6. The number of nitrogen functional groups attached to an aromatic ring is 2. The van der Waals surface area contributed by atoms with Gasteiger partial charge in [0.2, 0.25) is 15.8 Å². The summed E-state index contributed by atoms with van der Waals surface area (Å²) in [7, 11) is 1.53. The number of hydrogen-bond donors (Lipinski definition) is 4. The number of aromatic amines is 1. The first kappa shape index (κ1) is 31.7. The van der Waals surface area contributed by atoms with Crippen molar-refractivity contribution in [2.45, 2.75) is 18.0 Å². The maximum absolute atomic E-state index is 12.4. The fourth-order valence-corrected chi connectivity index (χ4v) is 4.62. The number of thioether (sulfide) groups is 1. The number of amides is 1. The highest BCUT2D eigenvalue weighted by Crippen LogP contribution is 2.23. The number of aromatic nitrogens is 6. The molecule has 5 rings (SSSR count). The molecule has 1 amide bonds. The largest absolute Gasteiger partial charge is 0.495 e. The van der Waals surface area contributed by atoms with E-state index in [0.29, 0.717) is 30.0 Å². The molecule has 0 saturated heterocycles. The van der Waals surface area contributed by atoms with E-state index >= 15 is 0 Å². The van der Waals surface area contributed by atoms with E-state index in [4.69, 9.17) is 28.6 Å². The van der Waals surface area contributed by atoms with Crippen molar-refractivity contribution in [1.82, 2.24) is 29.7 Å². The lowest BCUT2D eigenvalue weighted by atomic mass is 10.1. The molecule has 0 radical (unpaired) electrons. The van der Waals surface area contributed by atoms with Crippen LogP contribution in [0.2, 0.25) is 0 Å². The Labute approximate surface area is 260 Å². The van der Waals surface area contributed by atoms with Crippen LogP contribution in [0.4, 0.5) is 5.69 Å². The number of hydrogen-bond acceptors (Lipinski definition) is 11. The van der Waals surface area contributed by atoms with Crippen molar-refractivity contribution in [1.29, 1.82) is 0 Å². The Hall–Kier alpha value is -5.28. The highest BCUT2D eigenvalue weighted by Gasteiger charge is 2.14. The Kier molecular flexibility index (Phi) is 11.0. The molecule has 0 fully saturated rings. The van der Waals surface area contributed by atoms with E-state index in [1.54, 1.807) is 18.2 Å². The van der Waals surface area contributed by atoms with Gasteiger partial charge in [0.25, 0.3) is 11.1 Å². The van der Waals surface area contributed by atoms with E-state index < -0.39 is 5.56 Å². The van der Waals surface area contributed by atoms with Gasteiger partial charge in [-0.15, -0.1) is 10.2 Å². The van der Waals surface area contributed by atoms with Crippen LogP contribution in [0.15, 0.2) is 99.7 Å². The maximum atomic E-state index is 12.4. The fourth-order valence-electron chi connectivity index (χ4n) is 3.84. The Morgan fingerprint density at radius 2 is 1.43 bits per heavy atom. The lowest BCUT2D eigenvalue weighted by molar-refractivity contribution is -0.113. The van der Waals surface area contributed by atoms with Gasteiger partial charge in [-0.05, 0) is 35.5 Å². The van der Waals surface area contributed by atoms with E-state index in [1.807, 2.05) is 66.7 Å². The van der Waals surface area contributed by atoms with Crippen molar-refractivity contribution in [2.75, 3.05) is 29.9 Å². The number of para-hydroxylation sites is 2. The van der Waals surface area contributed by atoms with Crippen molar-refractivity contribution in [3.05, 3.63) is 133 Å². The lowest BCUT2D eigenvalue weighted by Crippen LogP contribution is -2.34. The Balaban J connectivity index is 0.000000233. The van der Waals surface area contributed by atoms with Crippen LogP contribution in [0.5, 0.6) is 5.75 Å². The highest BCUT2D eigenvalue weighted by atomic mass is 32.2. The third kappa shape index (κ3) is 8.39. The topological polar surface area (TPSA) is 189 Å². The van der Waals surface area contributed by atoms with Crippen LogP contribution in [0.1, 0.15) is 22.5 Å². The molecule has 226 valence electrons. The summed E-state index contributed by atoms with van der Waals surface area (Å²) in [6.07, 6.45) is 0.770. The molecule has 15 heteroatoms. The van der Waals surface area contributed by atoms with Crippen molar-refractivity contribution in [2.24, 2.45) is 0 Å². The highest BCUT2D eigenvalue weighted by molar-refractivity contribution is 7.99. The summed E-state index contributed by atoms with van der Waals surface area (Å²) in [6.45, 7) is 0. The lowest BCUT2D eigenvalue weighted by Gasteiger charge is -2.10. The minimum absolute atomic E-state index is 0.0153. The molecular weight excluding hydrogens is 603 g/mol. The number of methoxy groups -OCH3 is 1. The molecule has 0 spiro atoms. The quantitative estimate of drug-likeness (QED) is 0.106. The number of nitrogens with one attached hydrogen (secondary N) is 2. The van der Waals surface area contributed by atoms with Crippen molar-refractivity contribution in [3.8, 4) is 5.75 Å². The molecule has 0 bridgehead atoms. The predicted octanol–water partition coefficient (Wildman–Crippen LogP) is 2.29. The molecule has 0 aliphatic rings. The number of carbonyl (C=O) groups is 1. The van der Waals surface area contributed by atoms with Gasteiger partial charge in [0.1, 0.15) is 17.1 Å². The Bertz CT molecular complexity index is 1900. The molecule has 2 heterocycles. The van der Waals surface area contributed by atoms with Crippen LogP contribution in [0.25, 0.3) is 0 Å². The second kappa shape index (κ2) is 15.3. The van der Waals surface area contributed by atoms with Gasteiger partial charge >= 0.3 is 0 Å². The summed E-state index contributed by atoms with van der Waals surface area (Å²) in [5.41, 5.74) is 2.28. The SMILES string of the molecule is COc1ccccc1NC(=O)CSc1nnc(Cc2ccccc2)c(=O)n1N.Nn1c(=S)[nH]nc(Cc2ccccc2)c1=O. The first-order valence-corrected chi connectivity index (χ1v) is 14.5. The minimum Gasteiger partial charge on any atom is -0.495 e. The number of ether oxygens (including phenoxy) is 1. The van der Waals surface area contributed by atoms with Gasteiger partial charge < -0.3 is 21.7 Å². The summed E-state index contributed by atoms with van der Waals surface area (Å²) in [6, 6.07) is 26.1. The van der Waals surface area contributed by atoms with Gasteiger partial charge in [0.05, 0.1) is 18.6 Å². The molecule has 13 nitrogen and oxygen atoms in total. The molecule has 2 aromatic heterocycles. The van der Waals surface area contributed by atoms with Crippen LogP contribution in [0, 0.1) is 4.77 Å². The van der Waals surface area contributed by atoms with Gasteiger partial charge in [0.15, 0.2) is 0 Å². The molecule has 0 atom stereocenters. The van der Waals surface area contributed by atoms with Crippen molar-refractivity contribution in [3.63, 3.8) is 0 Å². The van der Waals surface area contributed by atoms with Gasteiger partial charge in [0, 0.05) is 12.8 Å². The summed E-state index contributed by atoms with van der Waals surface area (Å²) in [4.78, 5) is 36.3. The summed E-state index contributed by atoms with van der Waals surface area (Å²) < 4.78 is 7.12.